The van der Waals surface area contributed by atoms with Crippen LogP contribution in [-0.2, 0) is 0 Å². The van der Waals surface area contributed by atoms with Gasteiger partial charge in [0.2, 0.25) is 5.95 Å². The van der Waals surface area contributed by atoms with E-state index in [4.69, 9.17) is 4.74 Å². The van der Waals surface area contributed by atoms with Crippen molar-refractivity contribution >= 4 is 11.9 Å². The van der Waals surface area contributed by atoms with Crippen LogP contribution >= 0.6 is 0 Å². The zero-order valence-electron chi connectivity index (χ0n) is 13.4. The van der Waals surface area contributed by atoms with E-state index in [9.17, 15) is 9.90 Å². The van der Waals surface area contributed by atoms with Crippen LogP contribution < -0.4 is 10.1 Å². The predicted molar refractivity (Wildman–Crippen MR) is 88.0 cm³/mol. The second-order valence-electron chi connectivity index (χ2n) is 5.19. The number of likely N-dealkylation sites (N-methyl/N-ethyl adjacent to an activating group) is 1. The standard InChI is InChI=1S/C16H20N4O3/c1-20(2)9-8-17-16-18-10-12(14(19-16)15(21)22)11-6-4-5-7-13(11)23-3/h4-7,10H,8-9H2,1-3H3,(H,21,22)(H,17,18,19). The Labute approximate surface area is 134 Å². The number of nitrogens with zero attached hydrogens (tertiary/aromatic N) is 3. The van der Waals surface area contributed by atoms with E-state index in [1.807, 2.05) is 31.1 Å². The Morgan fingerprint density at radius 3 is 2.70 bits per heavy atom. The highest BCUT2D eigenvalue weighted by molar-refractivity contribution is 5.95. The first-order valence-corrected chi connectivity index (χ1v) is 7.15. The lowest BCUT2D eigenvalue weighted by Crippen LogP contribution is -2.22. The van der Waals surface area contributed by atoms with Crippen molar-refractivity contribution in [3.8, 4) is 16.9 Å². The normalized spacial score (nSPS) is 10.6. The highest BCUT2D eigenvalue weighted by atomic mass is 16.5. The van der Waals surface area contributed by atoms with Crippen molar-refractivity contribution in [3.63, 3.8) is 0 Å². The van der Waals surface area contributed by atoms with Crippen molar-refractivity contribution in [3.05, 3.63) is 36.2 Å². The molecular formula is C16H20N4O3. The minimum absolute atomic E-state index is 0.0585. The molecule has 0 unspecified atom stereocenters. The molecule has 0 bridgehead atoms. The molecule has 2 aromatic rings. The monoisotopic (exact) mass is 316 g/mol. The second kappa shape index (κ2) is 7.55. The molecule has 1 aromatic heterocycles. The van der Waals surface area contributed by atoms with Gasteiger partial charge in [0, 0.05) is 30.4 Å². The van der Waals surface area contributed by atoms with Crippen molar-refractivity contribution in [2.24, 2.45) is 0 Å². The number of carboxylic acid groups (broad SMARTS) is 1. The maximum Gasteiger partial charge on any atom is 0.355 e. The number of para-hydroxylation sites is 1. The molecule has 0 fully saturated rings. The molecule has 0 atom stereocenters. The number of rotatable bonds is 7. The van der Waals surface area contributed by atoms with Crippen LogP contribution in [0.1, 0.15) is 10.5 Å². The van der Waals surface area contributed by atoms with E-state index in [-0.39, 0.29) is 5.69 Å². The van der Waals surface area contributed by atoms with E-state index in [1.54, 1.807) is 12.1 Å². The van der Waals surface area contributed by atoms with Crippen molar-refractivity contribution in [2.45, 2.75) is 0 Å². The molecule has 1 aromatic carbocycles. The Morgan fingerprint density at radius 2 is 2.04 bits per heavy atom. The highest BCUT2D eigenvalue weighted by Crippen LogP contribution is 2.31. The molecule has 0 saturated carbocycles. The van der Waals surface area contributed by atoms with E-state index in [2.05, 4.69) is 15.3 Å². The van der Waals surface area contributed by atoms with Gasteiger partial charge in [0.05, 0.1) is 7.11 Å². The number of nitrogens with one attached hydrogen (secondary N) is 1. The van der Waals surface area contributed by atoms with Gasteiger partial charge in [0.15, 0.2) is 5.69 Å². The number of methoxy groups -OCH3 is 1. The Bertz CT molecular complexity index is 689. The Kier molecular flexibility index (Phi) is 5.48. The van der Waals surface area contributed by atoms with Gasteiger partial charge < -0.3 is 20.1 Å². The van der Waals surface area contributed by atoms with Crippen LogP contribution in [0.5, 0.6) is 5.75 Å². The number of aromatic nitrogens is 2. The molecule has 7 nitrogen and oxygen atoms in total. The fraction of sp³-hybridized carbons (Fsp3) is 0.312. The molecule has 7 heteroatoms. The van der Waals surface area contributed by atoms with Crippen LogP contribution in [0.15, 0.2) is 30.5 Å². The van der Waals surface area contributed by atoms with Crippen molar-refractivity contribution in [1.29, 1.82) is 0 Å². The van der Waals surface area contributed by atoms with E-state index in [0.717, 1.165) is 6.54 Å². The van der Waals surface area contributed by atoms with Gasteiger partial charge in [-0.2, -0.15) is 0 Å². The Balaban J connectivity index is 2.35. The summed E-state index contributed by atoms with van der Waals surface area (Å²) < 4.78 is 5.29. The predicted octanol–water partition coefficient (Wildman–Crippen LogP) is 1.82. The summed E-state index contributed by atoms with van der Waals surface area (Å²) in [5.74, 6) is -0.237. The van der Waals surface area contributed by atoms with Gasteiger partial charge in [-0.15, -0.1) is 0 Å². The summed E-state index contributed by atoms with van der Waals surface area (Å²) >= 11 is 0. The third-order valence-corrected chi connectivity index (χ3v) is 3.23. The second-order valence-corrected chi connectivity index (χ2v) is 5.19. The summed E-state index contributed by atoms with van der Waals surface area (Å²) in [5.41, 5.74) is 1.01. The lowest BCUT2D eigenvalue weighted by atomic mass is 10.0. The van der Waals surface area contributed by atoms with Crippen LogP contribution in [0.3, 0.4) is 0 Å². The molecule has 0 amide bonds. The van der Waals surface area contributed by atoms with E-state index in [1.165, 1.54) is 13.3 Å². The van der Waals surface area contributed by atoms with E-state index in [0.29, 0.717) is 29.4 Å². The molecule has 0 aliphatic carbocycles. The number of anilines is 1. The van der Waals surface area contributed by atoms with Crippen LogP contribution in [0.4, 0.5) is 5.95 Å². The Hall–Kier alpha value is -2.67. The van der Waals surface area contributed by atoms with Crippen molar-refractivity contribution in [1.82, 2.24) is 14.9 Å². The molecule has 2 rings (SSSR count). The summed E-state index contributed by atoms with van der Waals surface area (Å²) in [7, 11) is 5.45. The first kappa shape index (κ1) is 16.7. The fourth-order valence-electron chi connectivity index (χ4n) is 2.09. The van der Waals surface area contributed by atoms with Gasteiger partial charge in [-0.05, 0) is 20.2 Å². The summed E-state index contributed by atoms with van der Waals surface area (Å²) in [5, 5.41) is 12.5. The first-order valence-electron chi connectivity index (χ1n) is 7.15. The summed E-state index contributed by atoms with van der Waals surface area (Å²) in [6.45, 7) is 1.42. The zero-order chi connectivity index (χ0) is 16.8. The molecule has 0 aliphatic heterocycles. The van der Waals surface area contributed by atoms with Gasteiger partial charge in [-0.25, -0.2) is 14.8 Å². The van der Waals surface area contributed by atoms with E-state index >= 15 is 0 Å². The Morgan fingerprint density at radius 1 is 1.30 bits per heavy atom. The average Bonchev–Trinajstić information content (AvgIpc) is 2.54. The molecule has 1 heterocycles. The molecule has 0 spiro atoms. The first-order chi connectivity index (χ1) is 11.0. The molecule has 0 aliphatic rings. The van der Waals surface area contributed by atoms with Gasteiger partial charge in [0.25, 0.3) is 0 Å². The minimum atomic E-state index is -1.11. The summed E-state index contributed by atoms with van der Waals surface area (Å²) in [6, 6.07) is 7.18. The number of ether oxygens (including phenoxy) is 1. The molecule has 2 N–H and O–H groups in total. The third kappa shape index (κ3) is 4.17. The molecule has 122 valence electrons. The lowest BCUT2D eigenvalue weighted by molar-refractivity contribution is 0.0691. The van der Waals surface area contributed by atoms with Crippen molar-refractivity contribution < 1.29 is 14.6 Å². The highest BCUT2D eigenvalue weighted by Gasteiger charge is 2.18. The van der Waals surface area contributed by atoms with Crippen molar-refractivity contribution in [2.75, 3.05) is 39.6 Å². The van der Waals surface area contributed by atoms with Crippen LogP contribution in [0.25, 0.3) is 11.1 Å². The van der Waals surface area contributed by atoms with Crippen LogP contribution in [0.2, 0.25) is 0 Å². The van der Waals surface area contributed by atoms with Gasteiger partial charge in [0.1, 0.15) is 5.75 Å². The summed E-state index contributed by atoms with van der Waals surface area (Å²) in [4.78, 5) is 21.9. The molecule has 0 saturated heterocycles. The number of hydrogen-bond acceptors (Lipinski definition) is 6. The van der Waals surface area contributed by atoms with Gasteiger partial charge >= 0.3 is 5.97 Å². The maximum atomic E-state index is 11.6. The minimum Gasteiger partial charge on any atom is -0.496 e. The lowest BCUT2D eigenvalue weighted by Gasteiger charge is -2.13. The number of benzene rings is 1. The number of carbonyl (C=O) groups is 1. The molecule has 0 radical (unpaired) electrons. The van der Waals surface area contributed by atoms with Gasteiger partial charge in [-0.1, -0.05) is 18.2 Å². The fourth-order valence-corrected chi connectivity index (χ4v) is 2.09. The SMILES string of the molecule is COc1ccccc1-c1cnc(NCCN(C)C)nc1C(=O)O. The smallest absolute Gasteiger partial charge is 0.355 e. The van der Waals surface area contributed by atoms with E-state index < -0.39 is 5.97 Å². The topological polar surface area (TPSA) is 87.6 Å². The zero-order valence-corrected chi connectivity index (χ0v) is 13.4. The third-order valence-electron chi connectivity index (χ3n) is 3.23. The van der Waals surface area contributed by atoms with Crippen LogP contribution in [-0.4, -0.2) is 60.2 Å². The number of aromatic carboxylic acids is 1. The largest absolute Gasteiger partial charge is 0.496 e. The number of carboxylic acids is 1. The van der Waals surface area contributed by atoms with Crippen LogP contribution in [0, 0.1) is 0 Å². The average molecular weight is 316 g/mol. The summed E-state index contributed by atoms with van der Waals surface area (Å²) in [6.07, 6.45) is 1.51. The van der Waals surface area contributed by atoms with Gasteiger partial charge in [-0.3, -0.25) is 0 Å². The molecular weight excluding hydrogens is 296 g/mol. The quantitative estimate of drug-likeness (QED) is 0.805. The molecule has 23 heavy (non-hydrogen) atoms. The maximum absolute atomic E-state index is 11.6. The number of hydrogen-bond donors (Lipinski definition) is 2.